The Bertz CT molecular complexity index is 1150. The van der Waals surface area contributed by atoms with Gasteiger partial charge in [-0.3, -0.25) is 4.79 Å². The molecule has 3 aromatic rings. The smallest absolute Gasteiger partial charge is 0.251 e. The van der Waals surface area contributed by atoms with Crippen LogP contribution in [0.1, 0.15) is 58.3 Å². The second kappa shape index (κ2) is 9.50. The molecular weight excluding hydrogens is 436 g/mol. The normalized spacial score (nSPS) is 26.4. The van der Waals surface area contributed by atoms with Gasteiger partial charge >= 0.3 is 0 Å². The van der Waals surface area contributed by atoms with Crippen LogP contribution in [0.2, 0.25) is 0 Å². The molecule has 0 spiro atoms. The molecular formula is C30H32N2OS. The maximum atomic E-state index is 13.0. The van der Waals surface area contributed by atoms with E-state index in [2.05, 4.69) is 77.4 Å². The zero-order chi connectivity index (χ0) is 22.9. The van der Waals surface area contributed by atoms with Crippen molar-refractivity contribution in [3.05, 3.63) is 101 Å². The number of nitrogens with one attached hydrogen (secondary N) is 2. The molecule has 4 heteroatoms. The van der Waals surface area contributed by atoms with Gasteiger partial charge in [0.25, 0.3) is 5.91 Å². The van der Waals surface area contributed by atoms with Gasteiger partial charge in [0.2, 0.25) is 0 Å². The molecule has 0 aromatic heterocycles. The first-order valence-corrected chi connectivity index (χ1v) is 13.8. The van der Waals surface area contributed by atoms with Crippen LogP contribution in [0.3, 0.4) is 0 Å². The van der Waals surface area contributed by atoms with Crippen LogP contribution in [0.4, 0.5) is 5.69 Å². The van der Waals surface area contributed by atoms with E-state index in [1.165, 1.54) is 41.6 Å². The SMILES string of the molecule is O=C(NCCSCc1ccccc1)c1ccc2c(c1)[C@@H]1[C@H]3CC[C@@H](C3)[C@@H]1[C@H](c1ccccc1)N2. The molecule has 3 aliphatic rings. The summed E-state index contributed by atoms with van der Waals surface area (Å²) in [7, 11) is 0. The molecule has 2 bridgehead atoms. The highest BCUT2D eigenvalue weighted by atomic mass is 32.2. The fraction of sp³-hybridized carbons (Fsp3) is 0.367. The molecule has 174 valence electrons. The highest BCUT2D eigenvalue weighted by Crippen LogP contribution is 2.63. The number of hydrogen-bond donors (Lipinski definition) is 2. The number of hydrogen-bond acceptors (Lipinski definition) is 3. The third-order valence-corrected chi connectivity index (χ3v) is 9.18. The Labute approximate surface area is 206 Å². The van der Waals surface area contributed by atoms with Crippen molar-refractivity contribution >= 4 is 23.4 Å². The summed E-state index contributed by atoms with van der Waals surface area (Å²) in [5.41, 5.74) is 6.11. The third kappa shape index (κ3) is 4.13. The Hall–Kier alpha value is -2.72. The van der Waals surface area contributed by atoms with Gasteiger partial charge < -0.3 is 10.6 Å². The fourth-order valence-corrected chi connectivity index (χ4v) is 7.54. The average Bonchev–Trinajstić information content (AvgIpc) is 3.52. The largest absolute Gasteiger partial charge is 0.378 e. The van der Waals surface area contributed by atoms with Gasteiger partial charge in [-0.25, -0.2) is 0 Å². The molecule has 0 radical (unpaired) electrons. The summed E-state index contributed by atoms with van der Waals surface area (Å²) in [5.74, 6) is 4.69. The minimum atomic E-state index is 0.0491. The van der Waals surface area contributed by atoms with E-state index in [1.807, 2.05) is 23.9 Å². The van der Waals surface area contributed by atoms with E-state index < -0.39 is 0 Å². The van der Waals surface area contributed by atoms with Crippen molar-refractivity contribution in [2.24, 2.45) is 17.8 Å². The van der Waals surface area contributed by atoms with E-state index in [-0.39, 0.29) is 5.91 Å². The summed E-state index contributed by atoms with van der Waals surface area (Å²) < 4.78 is 0. The molecule has 0 unspecified atom stereocenters. The van der Waals surface area contributed by atoms with Gasteiger partial charge in [-0.15, -0.1) is 0 Å². The van der Waals surface area contributed by atoms with Crippen LogP contribution in [-0.4, -0.2) is 18.2 Å². The van der Waals surface area contributed by atoms with Crippen molar-refractivity contribution < 1.29 is 4.79 Å². The molecule has 2 aliphatic carbocycles. The van der Waals surface area contributed by atoms with E-state index in [9.17, 15) is 4.79 Å². The van der Waals surface area contributed by atoms with Gasteiger partial charge in [0.15, 0.2) is 0 Å². The maximum absolute atomic E-state index is 13.0. The van der Waals surface area contributed by atoms with Gasteiger partial charge in [-0.2, -0.15) is 11.8 Å². The van der Waals surface area contributed by atoms with Crippen LogP contribution in [0.25, 0.3) is 0 Å². The summed E-state index contributed by atoms with van der Waals surface area (Å²) in [6.45, 7) is 0.693. The second-order valence-corrected chi connectivity index (χ2v) is 11.2. The van der Waals surface area contributed by atoms with Crippen molar-refractivity contribution in [1.82, 2.24) is 5.32 Å². The minimum absolute atomic E-state index is 0.0491. The number of thioether (sulfide) groups is 1. The molecule has 1 heterocycles. The maximum Gasteiger partial charge on any atom is 0.251 e. The molecule has 2 fully saturated rings. The van der Waals surface area contributed by atoms with E-state index >= 15 is 0 Å². The standard InChI is InChI=1S/C30H32N2OS/c33-30(31-15-16-34-19-20-7-3-1-4-8-20)24-13-14-26-25(18-24)27-22-11-12-23(17-22)28(27)29(32-26)21-9-5-2-6-10-21/h1-10,13-14,18,22-23,27-29,32H,11-12,15-17,19H2,(H,31,33)/t22-,23-,27-,28-,29-/m0/s1. The van der Waals surface area contributed by atoms with Gasteiger partial charge in [0.1, 0.15) is 0 Å². The van der Waals surface area contributed by atoms with Crippen molar-refractivity contribution in [3.8, 4) is 0 Å². The highest BCUT2D eigenvalue weighted by molar-refractivity contribution is 7.98. The lowest BCUT2D eigenvalue weighted by Gasteiger charge is -2.43. The molecule has 6 rings (SSSR count). The predicted molar refractivity (Wildman–Crippen MR) is 141 cm³/mol. The molecule has 0 saturated heterocycles. The summed E-state index contributed by atoms with van der Waals surface area (Å²) in [6, 6.07) is 28.1. The van der Waals surface area contributed by atoms with Gasteiger partial charge in [-0.05, 0) is 77.8 Å². The molecule has 5 atom stereocenters. The van der Waals surface area contributed by atoms with Crippen LogP contribution in [0.15, 0.2) is 78.9 Å². The van der Waals surface area contributed by atoms with Gasteiger partial charge in [-0.1, -0.05) is 60.7 Å². The summed E-state index contributed by atoms with van der Waals surface area (Å²) >= 11 is 1.86. The Morgan fingerprint density at radius 3 is 2.53 bits per heavy atom. The number of benzene rings is 3. The van der Waals surface area contributed by atoms with E-state index in [0.29, 0.717) is 24.4 Å². The first-order chi connectivity index (χ1) is 16.8. The molecule has 3 aromatic carbocycles. The van der Waals surface area contributed by atoms with Crippen LogP contribution in [-0.2, 0) is 5.75 Å². The molecule has 3 nitrogen and oxygen atoms in total. The third-order valence-electron chi connectivity index (χ3n) is 8.15. The Kier molecular flexibility index (Phi) is 6.09. The van der Waals surface area contributed by atoms with E-state index in [1.54, 1.807) is 0 Å². The Balaban J connectivity index is 1.15. The van der Waals surface area contributed by atoms with E-state index in [4.69, 9.17) is 0 Å². The van der Waals surface area contributed by atoms with Crippen LogP contribution < -0.4 is 10.6 Å². The van der Waals surface area contributed by atoms with Crippen LogP contribution in [0.5, 0.6) is 0 Å². The lowest BCUT2D eigenvalue weighted by molar-refractivity contribution is 0.0956. The predicted octanol–water partition coefficient (Wildman–Crippen LogP) is 6.65. The lowest BCUT2D eigenvalue weighted by Crippen LogP contribution is -2.35. The Morgan fingerprint density at radius 1 is 0.941 bits per heavy atom. The minimum Gasteiger partial charge on any atom is -0.378 e. The molecule has 1 aliphatic heterocycles. The van der Waals surface area contributed by atoms with Crippen molar-refractivity contribution in [1.29, 1.82) is 0 Å². The number of rotatable bonds is 7. The topological polar surface area (TPSA) is 41.1 Å². The monoisotopic (exact) mass is 468 g/mol. The number of fused-ring (bicyclic) bond motifs is 7. The van der Waals surface area contributed by atoms with Crippen molar-refractivity contribution in [3.63, 3.8) is 0 Å². The highest BCUT2D eigenvalue weighted by Gasteiger charge is 2.53. The first kappa shape index (κ1) is 21.8. The number of anilines is 1. The summed E-state index contributed by atoms with van der Waals surface area (Å²) in [5, 5.41) is 7.02. The summed E-state index contributed by atoms with van der Waals surface area (Å²) in [4.78, 5) is 13.0. The zero-order valence-corrected chi connectivity index (χ0v) is 20.3. The van der Waals surface area contributed by atoms with E-state index in [0.717, 1.165) is 28.9 Å². The van der Waals surface area contributed by atoms with Crippen molar-refractivity contribution in [2.75, 3.05) is 17.6 Å². The number of carbonyl (C=O) groups is 1. The molecule has 2 saturated carbocycles. The number of carbonyl (C=O) groups excluding carboxylic acids is 1. The Morgan fingerprint density at radius 2 is 1.71 bits per heavy atom. The van der Waals surface area contributed by atoms with Gasteiger partial charge in [0.05, 0.1) is 6.04 Å². The lowest BCUT2D eigenvalue weighted by atomic mass is 9.68. The first-order valence-electron chi connectivity index (χ1n) is 12.6. The second-order valence-electron chi connectivity index (χ2n) is 10.1. The molecule has 1 amide bonds. The van der Waals surface area contributed by atoms with Crippen LogP contribution >= 0.6 is 11.8 Å². The zero-order valence-electron chi connectivity index (χ0n) is 19.5. The fourth-order valence-electron chi connectivity index (χ4n) is 6.72. The quantitative estimate of drug-likeness (QED) is 0.382. The number of amides is 1. The van der Waals surface area contributed by atoms with Crippen molar-refractivity contribution in [2.45, 2.75) is 37.0 Å². The summed E-state index contributed by atoms with van der Waals surface area (Å²) in [6.07, 6.45) is 4.03. The molecule has 2 N–H and O–H groups in total. The van der Waals surface area contributed by atoms with Gasteiger partial charge in [0, 0.05) is 29.3 Å². The molecule has 34 heavy (non-hydrogen) atoms. The average molecular weight is 469 g/mol. The van der Waals surface area contributed by atoms with Crippen LogP contribution in [0, 0.1) is 17.8 Å².